The lowest BCUT2D eigenvalue weighted by molar-refractivity contribution is 0.0336. The SMILES string of the molecule is Nc1ccc(Br)c(CN2CCOCC2)c1F. The quantitative estimate of drug-likeness (QED) is 0.846. The van der Waals surface area contributed by atoms with Gasteiger partial charge < -0.3 is 10.5 Å². The van der Waals surface area contributed by atoms with E-state index in [-0.39, 0.29) is 11.5 Å². The zero-order valence-electron chi connectivity index (χ0n) is 8.88. The normalized spacial score (nSPS) is 17.6. The predicted octanol–water partition coefficient (Wildman–Crippen LogP) is 2.00. The molecule has 0 aliphatic carbocycles. The van der Waals surface area contributed by atoms with Crippen LogP contribution in [0.25, 0.3) is 0 Å². The lowest BCUT2D eigenvalue weighted by Crippen LogP contribution is -2.36. The maximum absolute atomic E-state index is 13.8. The molecule has 88 valence electrons. The Morgan fingerprint density at radius 3 is 2.75 bits per heavy atom. The topological polar surface area (TPSA) is 38.5 Å². The maximum atomic E-state index is 13.8. The molecule has 0 bridgehead atoms. The minimum atomic E-state index is -0.319. The summed E-state index contributed by atoms with van der Waals surface area (Å²) < 4.78 is 19.8. The Balaban J connectivity index is 2.16. The van der Waals surface area contributed by atoms with Gasteiger partial charge in [0.1, 0.15) is 0 Å². The third kappa shape index (κ3) is 2.53. The van der Waals surface area contributed by atoms with Crippen LogP contribution in [0, 0.1) is 5.82 Å². The Labute approximate surface area is 102 Å². The number of halogens is 2. The second kappa shape index (κ2) is 5.12. The third-order valence-corrected chi connectivity index (χ3v) is 3.44. The van der Waals surface area contributed by atoms with E-state index in [1.54, 1.807) is 12.1 Å². The number of rotatable bonds is 2. The molecule has 1 aromatic rings. The number of anilines is 1. The summed E-state index contributed by atoms with van der Waals surface area (Å²) in [6.07, 6.45) is 0. The highest BCUT2D eigenvalue weighted by atomic mass is 79.9. The average molecular weight is 289 g/mol. The number of hydrogen-bond acceptors (Lipinski definition) is 3. The van der Waals surface area contributed by atoms with Crippen LogP contribution >= 0.6 is 15.9 Å². The van der Waals surface area contributed by atoms with Crippen molar-refractivity contribution >= 4 is 21.6 Å². The fourth-order valence-electron chi connectivity index (χ4n) is 1.74. The van der Waals surface area contributed by atoms with Crippen LogP contribution in [0.4, 0.5) is 10.1 Å². The van der Waals surface area contributed by atoms with Gasteiger partial charge in [-0.2, -0.15) is 0 Å². The van der Waals surface area contributed by atoms with Gasteiger partial charge in [0.15, 0.2) is 5.82 Å². The zero-order chi connectivity index (χ0) is 11.5. The lowest BCUT2D eigenvalue weighted by atomic mass is 10.1. The van der Waals surface area contributed by atoms with Crippen LogP contribution in [0.2, 0.25) is 0 Å². The molecule has 2 N–H and O–H groups in total. The molecule has 0 saturated carbocycles. The highest BCUT2D eigenvalue weighted by Gasteiger charge is 2.16. The van der Waals surface area contributed by atoms with E-state index in [9.17, 15) is 4.39 Å². The molecular formula is C11H14BrFN2O. The van der Waals surface area contributed by atoms with Crippen LogP contribution in [0.3, 0.4) is 0 Å². The minimum Gasteiger partial charge on any atom is -0.396 e. The second-order valence-corrected chi connectivity index (χ2v) is 4.67. The largest absolute Gasteiger partial charge is 0.396 e. The summed E-state index contributed by atoms with van der Waals surface area (Å²) in [5.41, 5.74) is 6.38. The van der Waals surface area contributed by atoms with E-state index in [1.165, 1.54) is 0 Å². The number of nitrogens with zero attached hydrogens (tertiary/aromatic N) is 1. The summed E-state index contributed by atoms with van der Waals surface area (Å²) in [6.45, 7) is 3.66. The van der Waals surface area contributed by atoms with E-state index < -0.39 is 0 Å². The molecule has 0 spiro atoms. The first-order valence-electron chi connectivity index (χ1n) is 5.21. The zero-order valence-corrected chi connectivity index (χ0v) is 10.5. The fourth-order valence-corrected chi connectivity index (χ4v) is 2.18. The van der Waals surface area contributed by atoms with E-state index >= 15 is 0 Å². The van der Waals surface area contributed by atoms with Crippen LogP contribution in [-0.2, 0) is 11.3 Å². The van der Waals surface area contributed by atoms with E-state index in [2.05, 4.69) is 20.8 Å². The van der Waals surface area contributed by atoms with Gasteiger partial charge in [0.05, 0.1) is 18.9 Å². The van der Waals surface area contributed by atoms with Crippen LogP contribution < -0.4 is 5.73 Å². The van der Waals surface area contributed by atoms with Crippen molar-refractivity contribution in [1.82, 2.24) is 4.90 Å². The molecule has 2 rings (SSSR count). The average Bonchev–Trinajstić information content (AvgIpc) is 2.31. The second-order valence-electron chi connectivity index (χ2n) is 3.82. The van der Waals surface area contributed by atoms with Gasteiger partial charge in [-0.1, -0.05) is 15.9 Å². The lowest BCUT2D eigenvalue weighted by Gasteiger charge is -2.27. The first-order chi connectivity index (χ1) is 7.68. The van der Waals surface area contributed by atoms with Crippen molar-refractivity contribution in [3.8, 4) is 0 Å². The fraction of sp³-hybridized carbons (Fsp3) is 0.455. The Morgan fingerprint density at radius 2 is 2.06 bits per heavy atom. The van der Waals surface area contributed by atoms with Crippen molar-refractivity contribution in [2.45, 2.75) is 6.54 Å². The van der Waals surface area contributed by atoms with Crippen LogP contribution in [-0.4, -0.2) is 31.2 Å². The van der Waals surface area contributed by atoms with Gasteiger partial charge in [-0.25, -0.2) is 4.39 Å². The molecule has 1 aliphatic heterocycles. The van der Waals surface area contributed by atoms with Gasteiger partial charge in [-0.05, 0) is 12.1 Å². The Bertz CT molecular complexity index is 380. The van der Waals surface area contributed by atoms with Crippen molar-refractivity contribution < 1.29 is 9.13 Å². The molecule has 0 unspecified atom stereocenters. The van der Waals surface area contributed by atoms with Crippen LogP contribution in [0.5, 0.6) is 0 Å². The Kier molecular flexibility index (Phi) is 3.78. The van der Waals surface area contributed by atoms with Crippen molar-refractivity contribution in [3.05, 3.63) is 28.0 Å². The molecule has 0 amide bonds. The molecule has 1 saturated heterocycles. The first kappa shape index (κ1) is 11.8. The van der Waals surface area contributed by atoms with Gasteiger partial charge >= 0.3 is 0 Å². The summed E-state index contributed by atoms with van der Waals surface area (Å²) in [5.74, 6) is -0.319. The summed E-state index contributed by atoms with van der Waals surface area (Å²) in [5, 5.41) is 0. The first-order valence-corrected chi connectivity index (χ1v) is 6.00. The van der Waals surface area contributed by atoms with Crippen molar-refractivity contribution in [1.29, 1.82) is 0 Å². The predicted molar refractivity (Wildman–Crippen MR) is 64.6 cm³/mol. The summed E-state index contributed by atoms with van der Waals surface area (Å²) in [4.78, 5) is 2.16. The monoisotopic (exact) mass is 288 g/mol. The highest BCUT2D eigenvalue weighted by Crippen LogP contribution is 2.25. The number of benzene rings is 1. The summed E-state index contributed by atoms with van der Waals surface area (Å²) in [7, 11) is 0. The molecule has 0 aromatic heterocycles. The van der Waals surface area contributed by atoms with Gasteiger partial charge in [-0.3, -0.25) is 4.90 Å². The maximum Gasteiger partial charge on any atom is 0.151 e. The molecule has 3 nitrogen and oxygen atoms in total. The van der Waals surface area contributed by atoms with Gasteiger partial charge in [-0.15, -0.1) is 0 Å². The number of hydrogen-bond donors (Lipinski definition) is 1. The van der Waals surface area contributed by atoms with Crippen LogP contribution in [0.15, 0.2) is 16.6 Å². The van der Waals surface area contributed by atoms with E-state index in [0.29, 0.717) is 25.3 Å². The standard InChI is InChI=1S/C11H14BrFN2O/c12-9-1-2-10(14)11(13)8(9)7-15-3-5-16-6-4-15/h1-2H,3-7,14H2. The number of ether oxygens (including phenoxy) is 1. The van der Waals surface area contributed by atoms with E-state index in [1.807, 2.05) is 0 Å². The summed E-state index contributed by atoms with van der Waals surface area (Å²) >= 11 is 3.35. The van der Waals surface area contributed by atoms with Gasteiger partial charge in [0, 0.05) is 29.7 Å². The van der Waals surface area contributed by atoms with Crippen molar-refractivity contribution in [2.24, 2.45) is 0 Å². The van der Waals surface area contributed by atoms with Gasteiger partial charge in [0.25, 0.3) is 0 Å². The molecule has 5 heteroatoms. The minimum absolute atomic E-state index is 0.200. The van der Waals surface area contributed by atoms with Gasteiger partial charge in [0.2, 0.25) is 0 Å². The Morgan fingerprint density at radius 1 is 1.38 bits per heavy atom. The number of morpholine rings is 1. The van der Waals surface area contributed by atoms with Crippen LogP contribution in [0.1, 0.15) is 5.56 Å². The molecule has 1 aromatic carbocycles. The van der Waals surface area contributed by atoms with E-state index in [0.717, 1.165) is 17.6 Å². The molecule has 1 aliphatic rings. The Hall–Kier alpha value is -0.650. The molecule has 0 atom stereocenters. The van der Waals surface area contributed by atoms with Crippen molar-refractivity contribution in [3.63, 3.8) is 0 Å². The summed E-state index contributed by atoms with van der Waals surface area (Å²) in [6, 6.07) is 3.36. The third-order valence-electron chi connectivity index (χ3n) is 2.70. The molecule has 0 radical (unpaired) electrons. The molecular weight excluding hydrogens is 275 g/mol. The van der Waals surface area contributed by atoms with E-state index in [4.69, 9.17) is 10.5 Å². The molecule has 16 heavy (non-hydrogen) atoms. The smallest absolute Gasteiger partial charge is 0.151 e. The molecule has 1 fully saturated rings. The molecule has 1 heterocycles. The highest BCUT2D eigenvalue weighted by molar-refractivity contribution is 9.10. The number of nitrogens with two attached hydrogens (primary N) is 1. The van der Waals surface area contributed by atoms with Crippen molar-refractivity contribution in [2.75, 3.05) is 32.0 Å². The number of nitrogen functional groups attached to an aromatic ring is 1.